The Bertz CT molecular complexity index is 746. The summed E-state index contributed by atoms with van der Waals surface area (Å²) in [4.78, 5) is 28.2. The third-order valence-corrected chi connectivity index (χ3v) is 4.17. The molecule has 0 aliphatic heterocycles. The van der Waals surface area contributed by atoms with E-state index in [0.29, 0.717) is 29.0 Å². The number of amides is 1. The van der Waals surface area contributed by atoms with Gasteiger partial charge in [0.05, 0.1) is 12.8 Å². The molecule has 2 atom stereocenters. The first-order valence-corrected chi connectivity index (χ1v) is 8.11. The van der Waals surface area contributed by atoms with E-state index in [2.05, 4.69) is 10.3 Å². The van der Waals surface area contributed by atoms with E-state index < -0.39 is 17.9 Å². The third-order valence-electron chi connectivity index (χ3n) is 4.17. The van der Waals surface area contributed by atoms with Gasteiger partial charge in [-0.25, -0.2) is 4.79 Å². The molecule has 132 valence electrons. The van der Waals surface area contributed by atoms with Gasteiger partial charge < -0.3 is 15.2 Å². The van der Waals surface area contributed by atoms with E-state index in [1.54, 1.807) is 44.5 Å². The Morgan fingerprint density at radius 2 is 2.04 bits per heavy atom. The number of benzene rings is 1. The Morgan fingerprint density at radius 1 is 1.28 bits per heavy atom. The van der Waals surface area contributed by atoms with Crippen LogP contribution >= 0.6 is 0 Å². The zero-order chi connectivity index (χ0) is 18.4. The molecule has 25 heavy (non-hydrogen) atoms. The maximum atomic E-state index is 12.5. The van der Waals surface area contributed by atoms with Crippen molar-refractivity contribution in [3.63, 3.8) is 0 Å². The lowest BCUT2D eigenvalue weighted by atomic mass is 9.98. The van der Waals surface area contributed by atoms with Crippen LogP contribution in [0.25, 0.3) is 11.3 Å². The predicted molar refractivity (Wildman–Crippen MR) is 94.6 cm³/mol. The Morgan fingerprint density at radius 3 is 2.60 bits per heavy atom. The molecule has 2 unspecified atom stereocenters. The van der Waals surface area contributed by atoms with E-state index in [-0.39, 0.29) is 5.92 Å². The normalized spacial score (nSPS) is 12.9. The molecule has 2 N–H and O–H groups in total. The smallest absolute Gasteiger partial charge is 0.326 e. The summed E-state index contributed by atoms with van der Waals surface area (Å²) in [5, 5.41) is 11.9. The number of carbonyl (C=O) groups excluding carboxylic acids is 1. The summed E-state index contributed by atoms with van der Waals surface area (Å²) in [5.74, 6) is -1.06. The number of nitrogens with zero attached hydrogens (tertiary/aromatic N) is 1. The lowest BCUT2D eigenvalue weighted by Crippen LogP contribution is -2.45. The molecule has 6 heteroatoms. The van der Waals surface area contributed by atoms with E-state index >= 15 is 0 Å². The van der Waals surface area contributed by atoms with Gasteiger partial charge in [0.1, 0.15) is 11.8 Å². The Kier molecular flexibility index (Phi) is 6.11. The van der Waals surface area contributed by atoms with Crippen molar-refractivity contribution in [1.82, 2.24) is 10.3 Å². The second-order valence-electron chi connectivity index (χ2n) is 5.80. The second kappa shape index (κ2) is 8.28. The van der Waals surface area contributed by atoms with Crippen LogP contribution in [0.3, 0.4) is 0 Å². The van der Waals surface area contributed by atoms with Crippen molar-refractivity contribution in [1.29, 1.82) is 0 Å². The topological polar surface area (TPSA) is 88.5 Å². The van der Waals surface area contributed by atoms with Crippen LogP contribution in [-0.4, -0.2) is 35.1 Å². The number of pyridine rings is 1. The minimum Gasteiger partial charge on any atom is -0.496 e. The second-order valence-corrected chi connectivity index (χ2v) is 5.80. The van der Waals surface area contributed by atoms with Crippen molar-refractivity contribution in [3.05, 3.63) is 48.2 Å². The molecule has 0 saturated carbocycles. The van der Waals surface area contributed by atoms with E-state index in [1.807, 2.05) is 19.1 Å². The summed E-state index contributed by atoms with van der Waals surface area (Å²) in [7, 11) is 1.55. The fraction of sp³-hybridized carbons (Fsp3) is 0.316. The number of ether oxygens (including phenoxy) is 1. The van der Waals surface area contributed by atoms with Gasteiger partial charge in [-0.05, 0) is 36.2 Å². The minimum atomic E-state index is -1.04. The fourth-order valence-electron chi connectivity index (χ4n) is 2.48. The molecule has 0 radical (unpaired) electrons. The number of aromatic nitrogens is 1. The van der Waals surface area contributed by atoms with E-state index in [4.69, 9.17) is 4.74 Å². The van der Waals surface area contributed by atoms with Gasteiger partial charge in [-0.15, -0.1) is 0 Å². The maximum absolute atomic E-state index is 12.5. The maximum Gasteiger partial charge on any atom is 0.326 e. The van der Waals surface area contributed by atoms with Crippen LogP contribution in [-0.2, 0) is 4.79 Å². The Balaban J connectivity index is 2.33. The van der Waals surface area contributed by atoms with Crippen molar-refractivity contribution < 1.29 is 19.4 Å². The predicted octanol–water partition coefficient (Wildman–Crippen LogP) is 2.99. The summed E-state index contributed by atoms with van der Waals surface area (Å²) >= 11 is 0. The molecule has 0 aliphatic carbocycles. The number of carbonyl (C=O) groups is 2. The van der Waals surface area contributed by atoms with Gasteiger partial charge in [0.15, 0.2) is 0 Å². The number of rotatable bonds is 7. The van der Waals surface area contributed by atoms with Crippen LogP contribution in [0.2, 0.25) is 0 Å². The standard InChI is InChI=1S/C19H22N2O4/c1-4-12(2)17(19(23)24)21-18(22)13-8-9-16(25-3)14(11-13)15-7-5-6-10-20-15/h5-12,17H,4H2,1-3H3,(H,21,22)(H,23,24). The summed E-state index contributed by atoms with van der Waals surface area (Å²) in [6.45, 7) is 3.69. The van der Waals surface area contributed by atoms with Gasteiger partial charge in [0.25, 0.3) is 5.91 Å². The molecule has 6 nitrogen and oxygen atoms in total. The first-order chi connectivity index (χ1) is 12.0. The molecular weight excluding hydrogens is 320 g/mol. The van der Waals surface area contributed by atoms with Crippen LogP contribution in [0.15, 0.2) is 42.6 Å². The van der Waals surface area contributed by atoms with Crippen molar-refractivity contribution in [2.75, 3.05) is 7.11 Å². The average Bonchev–Trinajstić information content (AvgIpc) is 2.65. The molecule has 2 aromatic rings. The number of aliphatic carboxylic acids is 1. The van der Waals surface area contributed by atoms with Gasteiger partial charge in [0, 0.05) is 17.3 Å². The molecule has 0 fully saturated rings. The van der Waals surface area contributed by atoms with Crippen molar-refractivity contribution >= 4 is 11.9 Å². The van der Waals surface area contributed by atoms with Gasteiger partial charge in [-0.2, -0.15) is 0 Å². The van der Waals surface area contributed by atoms with Crippen LogP contribution in [0.4, 0.5) is 0 Å². The highest BCUT2D eigenvalue weighted by Gasteiger charge is 2.26. The zero-order valence-corrected chi connectivity index (χ0v) is 14.5. The zero-order valence-electron chi connectivity index (χ0n) is 14.5. The number of methoxy groups -OCH3 is 1. The van der Waals surface area contributed by atoms with Crippen molar-refractivity contribution in [2.24, 2.45) is 5.92 Å². The van der Waals surface area contributed by atoms with Crippen molar-refractivity contribution in [3.8, 4) is 17.0 Å². The summed E-state index contributed by atoms with van der Waals surface area (Å²) < 4.78 is 5.34. The van der Waals surface area contributed by atoms with Gasteiger partial charge >= 0.3 is 5.97 Å². The minimum absolute atomic E-state index is 0.171. The van der Waals surface area contributed by atoms with Crippen LogP contribution in [0.5, 0.6) is 5.75 Å². The third kappa shape index (κ3) is 4.35. The highest BCUT2D eigenvalue weighted by atomic mass is 16.5. The first kappa shape index (κ1) is 18.4. The molecule has 0 aliphatic rings. The Labute approximate surface area is 146 Å². The van der Waals surface area contributed by atoms with E-state index in [9.17, 15) is 14.7 Å². The summed E-state index contributed by atoms with van der Waals surface area (Å²) in [5.41, 5.74) is 1.70. The number of hydrogen-bond acceptors (Lipinski definition) is 4. The highest BCUT2D eigenvalue weighted by Crippen LogP contribution is 2.29. The van der Waals surface area contributed by atoms with Gasteiger partial charge in [-0.1, -0.05) is 26.3 Å². The van der Waals surface area contributed by atoms with E-state index in [0.717, 1.165) is 0 Å². The van der Waals surface area contributed by atoms with Gasteiger partial charge in [0.2, 0.25) is 0 Å². The molecule has 1 amide bonds. The number of hydrogen-bond donors (Lipinski definition) is 2. The monoisotopic (exact) mass is 342 g/mol. The largest absolute Gasteiger partial charge is 0.496 e. The molecule has 1 heterocycles. The lowest BCUT2D eigenvalue weighted by Gasteiger charge is -2.20. The van der Waals surface area contributed by atoms with Crippen LogP contribution in [0, 0.1) is 5.92 Å². The fourth-order valence-corrected chi connectivity index (χ4v) is 2.48. The highest BCUT2D eigenvalue weighted by molar-refractivity contribution is 5.98. The number of nitrogens with one attached hydrogen (secondary N) is 1. The SMILES string of the molecule is CCC(C)C(NC(=O)c1ccc(OC)c(-c2ccccn2)c1)C(=O)O. The lowest BCUT2D eigenvalue weighted by molar-refractivity contribution is -0.140. The van der Waals surface area contributed by atoms with Crippen molar-refractivity contribution in [2.45, 2.75) is 26.3 Å². The van der Waals surface area contributed by atoms with Crippen LogP contribution in [0.1, 0.15) is 30.6 Å². The van der Waals surface area contributed by atoms with Gasteiger partial charge in [-0.3, -0.25) is 9.78 Å². The van der Waals surface area contributed by atoms with Crippen LogP contribution < -0.4 is 10.1 Å². The summed E-state index contributed by atoms with van der Waals surface area (Å²) in [6.07, 6.45) is 2.31. The summed E-state index contributed by atoms with van der Waals surface area (Å²) in [6, 6.07) is 9.48. The Hall–Kier alpha value is -2.89. The molecule has 1 aromatic heterocycles. The van der Waals surface area contributed by atoms with E-state index in [1.165, 1.54) is 0 Å². The number of carboxylic acid groups (broad SMARTS) is 1. The molecule has 2 rings (SSSR count). The molecule has 0 saturated heterocycles. The first-order valence-electron chi connectivity index (χ1n) is 8.11. The average molecular weight is 342 g/mol. The molecule has 1 aromatic carbocycles. The molecule has 0 bridgehead atoms. The molecule has 0 spiro atoms. The molecular formula is C19H22N2O4. The quantitative estimate of drug-likeness (QED) is 0.807. The number of carboxylic acids is 1.